The molecule has 2 fully saturated rings. The largest absolute Gasteiger partial charge is 0.573 e. The summed E-state index contributed by atoms with van der Waals surface area (Å²) < 4.78 is 47.2. The van der Waals surface area contributed by atoms with Gasteiger partial charge in [0.25, 0.3) is 17.6 Å². The van der Waals surface area contributed by atoms with Crippen molar-refractivity contribution >= 4 is 5.91 Å². The summed E-state index contributed by atoms with van der Waals surface area (Å²) in [6.45, 7) is 0.786. The number of amides is 1. The Morgan fingerprint density at radius 3 is 2.88 bits per heavy atom. The number of alkyl halides is 3. The number of hydrogen-bond donors (Lipinski definition) is 3. The Balaban J connectivity index is 1.47. The molecule has 0 bridgehead atoms. The van der Waals surface area contributed by atoms with Gasteiger partial charge < -0.3 is 30.5 Å². The van der Waals surface area contributed by atoms with Crippen molar-refractivity contribution in [3.63, 3.8) is 0 Å². The molecule has 2 aliphatic rings. The first-order chi connectivity index (χ1) is 16.3. The molecule has 1 aliphatic heterocycles. The van der Waals surface area contributed by atoms with Gasteiger partial charge in [-0.25, -0.2) is 0 Å². The number of halogens is 3. The highest BCUT2D eigenvalue weighted by molar-refractivity contribution is 5.91. The summed E-state index contributed by atoms with van der Waals surface area (Å²) in [6, 6.07) is 3.51. The first-order valence-electron chi connectivity index (χ1n) is 10.6. The molecule has 180 valence electrons. The van der Waals surface area contributed by atoms with E-state index in [4.69, 9.17) is 10.3 Å². The van der Waals surface area contributed by atoms with E-state index in [1.54, 1.807) is 17.2 Å². The van der Waals surface area contributed by atoms with E-state index < -0.39 is 18.0 Å². The zero-order chi connectivity index (χ0) is 24.3. The lowest BCUT2D eigenvalue weighted by atomic mass is 10.0. The smallest absolute Gasteiger partial charge is 0.406 e. The monoisotopic (exact) mass is 477 g/mol. The molecule has 4 N–H and O–H groups in total. The van der Waals surface area contributed by atoms with Gasteiger partial charge in [0.15, 0.2) is 6.19 Å². The molecule has 10 nitrogen and oxygen atoms in total. The molecule has 2 aromatic rings. The lowest BCUT2D eigenvalue weighted by Gasteiger charge is -2.17. The van der Waals surface area contributed by atoms with Gasteiger partial charge in [-0.1, -0.05) is 11.2 Å². The molecule has 1 aromatic carbocycles. The van der Waals surface area contributed by atoms with Crippen LogP contribution < -0.4 is 21.1 Å². The summed E-state index contributed by atoms with van der Waals surface area (Å²) in [7, 11) is 0. The fourth-order valence-corrected chi connectivity index (χ4v) is 3.95. The average molecular weight is 477 g/mol. The Labute approximate surface area is 192 Å². The number of ether oxygens (including phenoxy) is 1. The van der Waals surface area contributed by atoms with Gasteiger partial charge in [-0.15, -0.1) is 13.2 Å². The van der Waals surface area contributed by atoms with Gasteiger partial charge in [0, 0.05) is 37.1 Å². The molecule has 1 unspecified atom stereocenters. The van der Waals surface area contributed by atoms with Crippen LogP contribution in [-0.4, -0.2) is 52.5 Å². The van der Waals surface area contributed by atoms with Gasteiger partial charge in [0.2, 0.25) is 0 Å². The normalized spacial score (nSPS) is 20.4. The van der Waals surface area contributed by atoms with E-state index in [0.29, 0.717) is 25.1 Å². The van der Waals surface area contributed by atoms with E-state index in [1.807, 2.05) is 0 Å². The zero-order valence-electron chi connectivity index (χ0n) is 17.9. The third-order valence-electron chi connectivity index (χ3n) is 5.58. The third-order valence-corrected chi connectivity index (χ3v) is 5.58. The van der Waals surface area contributed by atoms with Gasteiger partial charge in [-0.3, -0.25) is 4.79 Å². The van der Waals surface area contributed by atoms with E-state index in [0.717, 1.165) is 18.4 Å². The second-order valence-electron chi connectivity index (χ2n) is 8.07. The summed E-state index contributed by atoms with van der Waals surface area (Å²) in [5.41, 5.74) is 6.34. The van der Waals surface area contributed by atoms with Crippen molar-refractivity contribution in [2.24, 2.45) is 5.73 Å². The molecular formula is C21H22F3N7O3. The van der Waals surface area contributed by atoms with E-state index >= 15 is 0 Å². The average Bonchev–Trinajstić information content (AvgIpc) is 3.37. The maximum absolute atomic E-state index is 12.7. The van der Waals surface area contributed by atoms with Gasteiger partial charge in [-0.05, 0) is 42.9 Å². The van der Waals surface area contributed by atoms with Gasteiger partial charge in [0.1, 0.15) is 5.75 Å². The van der Waals surface area contributed by atoms with E-state index in [1.165, 1.54) is 18.3 Å². The van der Waals surface area contributed by atoms with Crippen LogP contribution in [0.1, 0.15) is 41.4 Å². The Bertz CT molecular complexity index is 1110. The van der Waals surface area contributed by atoms with Crippen LogP contribution in [-0.2, 0) is 0 Å². The first kappa shape index (κ1) is 23.2. The number of nitrogens with two attached hydrogens (primary N) is 1. The van der Waals surface area contributed by atoms with Crippen molar-refractivity contribution in [1.29, 1.82) is 5.26 Å². The Morgan fingerprint density at radius 2 is 2.21 bits per heavy atom. The van der Waals surface area contributed by atoms with Crippen LogP contribution in [0.2, 0.25) is 0 Å². The summed E-state index contributed by atoms with van der Waals surface area (Å²) in [5, 5.41) is 18.8. The molecule has 2 atom stereocenters. The molecule has 2 heterocycles. The van der Waals surface area contributed by atoms with E-state index in [2.05, 4.69) is 31.7 Å². The van der Waals surface area contributed by atoms with E-state index in [9.17, 15) is 23.2 Å². The number of nitrogens with zero attached hydrogens (tertiary/aromatic N) is 4. The summed E-state index contributed by atoms with van der Waals surface area (Å²) in [4.78, 5) is 18.3. The predicted molar refractivity (Wildman–Crippen MR) is 112 cm³/mol. The number of nitrogens with one attached hydrogen (secondary N) is 2. The minimum Gasteiger partial charge on any atom is -0.406 e. The molecule has 0 spiro atoms. The first-order valence-corrected chi connectivity index (χ1v) is 10.6. The van der Waals surface area contributed by atoms with Crippen LogP contribution >= 0.6 is 0 Å². The fraction of sp³-hybridized carbons (Fsp3) is 0.429. The number of carbonyl (C=O) groups excluding carboxylic acids is 1. The van der Waals surface area contributed by atoms with Gasteiger partial charge in [0.05, 0.1) is 6.04 Å². The topological polar surface area (TPSA) is 142 Å². The van der Waals surface area contributed by atoms with Crippen LogP contribution in [0.25, 0.3) is 11.5 Å². The second-order valence-corrected chi connectivity index (χ2v) is 8.07. The van der Waals surface area contributed by atoms with Crippen LogP contribution in [0.5, 0.6) is 5.75 Å². The number of aromatic nitrogens is 2. The Hall–Kier alpha value is -3.95. The minimum atomic E-state index is -4.84. The highest BCUT2D eigenvalue weighted by Gasteiger charge is 2.35. The number of nitriles is 1. The molecule has 1 saturated heterocycles. The van der Waals surface area contributed by atoms with Crippen LogP contribution in [0.15, 0.2) is 35.1 Å². The van der Waals surface area contributed by atoms with Crippen molar-refractivity contribution in [2.45, 2.75) is 43.6 Å². The van der Waals surface area contributed by atoms with Crippen LogP contribution in [0, 0.1) is 11.5 Å². The van der Waals surface area contributed by atoms with Crippen molar-refractivity contribution in [3.05, 3.63) is 42.0 Å². The highest BCUT2D eigenvalue weighted by atomic mass is 19.4. The number of likely N-dealkylation sites (tertiary alicyclic amines) is 1. The summed E-state index contributed by atoms with van der Waals surface area (Å²) >= 11 is 0. The molecule has 1 saturated carbocycles. The lowest BCUT2D eigenvalue weighted by molar-refractivity contribution is -0.274. The zero-order valence-corrected chi connectivity index (χ0v) is 17.9. The highest BCUT2D eigenvalue weighted by Crippen LogP contribution is 2.45. The number of benzene rings is 1. The maximum atomic E-state index is 12.7. The van der Waals surface area contributed by atoms with Crippen molar-refractivity contribution < 1.29 is 27.2 Å². The van der Waals surface area contributed by atoms with Crippen molar-refractivity contribution in [3.8, 4) is 23.4 Å². The molecular weight excluding hydrogens is 455 g/mol. The van der Waals surface area contributed by atoms with E-state index in [-0.39, 0.29) is 29.7 Å². The Morgan fingerprint density at radius 1 is 1.41 bits per heavy atom. The van der Waals surface area contributed by atoms with Crippen LogP contribution in [0.4, 0.5) is 13.2 Å². The SMILES string of the molecule is N#CN1CC(NC(=O)c2noc(-c3cc(OC(F)(F)F)ccc3C3CC3)n2)C[C@H]1CN/C=C\N. The predicted octanol–water partition coefficient (Wildman–Crippen LogP) is 2.19. The van der Waals surface area contributed by atoms with Crippen molar-refractivity contribution in [2.75, 3.05) is 13.1 Å². The molecule has 34 heavy (non-hydrogen) atoms. The number of rotatable bonds is 8. The summed E-state index contributed by atoms with van der Waals surface area (Å²) in [6.07, 6.45) is 2.46. The molecule has 4 rings (SSSR count). The molecule has 1 aromatic heterocycles. The van der Waals surface area contributed by atoms with Crippen molar-refractivity contribution in [1.82, 2.24) is 25.7 Å². The molecule has 1 amide bonds. The van der Waals surface area contributed by atoms with Gasteiger partial charge in [-0.2, -0.15) is 10.2 Å². The number of hydrogen-bond acceptors (Lipinski definition) is 9. The fourth-order valence-electron chi connectivity index (χ4n) is 3.95. The van der Waals surface area contributed by atoms with Gasteiger partial charge >= 0.3 is 6.36 Å². The van der Waals surface area contributed by atoms with Crippen LogP contribution in [0.3, 0.4) is 0 Å². The Kier molecular flexibility index (Phi) is 6.49. The minimum absolute atomic E-state index is 0.0691. The molecule has 0 radical (unpaired) electrons. The third kappa shape index (κ3) is 5.51. The lowest BCUT2D eigenvalue weighted by Crippen LogP contribution is -2.36. The molecule has 1 aliphatic carbocycles. The standard InChI is InChI=1S/C21H22F3N7O3/c22-21(23,24)33-15-3-4-16(12-1-2-12)17(8-15)20-29-18(30-34-20)19(32)28-13-7-14(9-27-6-5-25)31(10-13)11-26/h3-6,8,12-14,27H,1-2,7,9-10,25H2,(H,28,32)/b6-5-/t13?,14-/m0/s1. The molecule has 13 heteroatoms. The summed E-state index contributed by atoms with van der Waals surface area (Å²) in [5.74, 6) is -1.17. The second kappa shape index (κ2) is 9.50. The quantitative estimate of drug-likeness (QED) is 0.488. The number of carbonyl (C=O) groups is 1. The maximum Gasteiger partial charge on any atom is 0.573 e.